The molecule has 90 valence electrons. The molecule has 1 rings (SSSR count). The SMILES string of the molecule is CC(C)[C@H]1CN(C(=O)[C@@H](C)N)CCN1.Cl. The number of hydrogen-bond donors (Lipinski definition) is 2. The highest BCUT2D eigenvalue weighted by Crippen LogP contribution is 2.08. The van der Waals surface area contributed by atoms with Crippen LogP contribution in [0.3, 0.4) is 0 Å². The standard InChI is InChI=1S/C10H21N3O.ClH/c1-7(2)9-6-13(5-4-12-9)10(14)8(3)11;/h7-9,12H,4-6,11H2,1-3H3;1H/t8-,9-;/m1./s1. The van der Waals surface area contributed by atoms with Crippen molar-refractivity contribution >= 4 is 18.3 Å². The summed E-state index contributed by atoms with van der Waals surface area (Å²) in [5.74, 6) is 0.621. The van der Waals surface area contributed by atoms with Gasteiger partial charge in [-0.15, -0.1) is 12.4 Å². The summed E-state index contributed by atoms with van der Waals surface area (Å²) < 4.78 is 0. The van der Waals surface area contributed by atoms with Crippen molar-refractivity contribution < 1.29 is 4.79 Å². The van der Waals surface area contributed by atoms with Gasteiger partial charge in [-0.25, -0.2) is 0 Å². The first-order valence-corrected chi connectivity index (χ1v) is 5.30. The van der Waals surface area contributed by atoms with Crippen molar-refractivity contribution in [1.82, 2.24) is 10.2 Å². The predicted octanol–water partition coefficient (Wildman–Crippen LogP) is 0.212. The number of rotatable bonds is 2. The van der Waals surface area contributed by atoms with Crippen LogP contribution >= 0.6 is 12.4 Å². The molecule has 0 bridgehead atoms. The lowest BCUT2D eigenvalue weighted by Gasteiger charge is -2.36. The third kappa shape index (κ3) is 3.97. The first kappa shape index (κ1) is 14.7. The quantitative estimate of drug-likeness (QED) is 0.720. The van der Waals surface area contributed by atoms with E-state index in [1.54, 1.807) is 6.92 Å². The number of nitrogens with two attached hydrogens (primary N) is 1. The van der Waals surface area contributed by atoms with Gasteiger partial charge in [0.2, 0.25) is 5.91 Å². The van der Waals surface area contributed by atoms with E-state index in [4.69, 9.17) is 5.73 Å². The molecular weight excluding hydrogens is 214 g/mol. The lowest BCUT2D eigenvalue weighted by molar-refractivity contribution is -0.133. The van der Waals surface area contributed by atoms with Gasteiger partial charge in [0.15, 0.2) is 0 Å². The van der Waals surface area contributed by atoms with Crippen molar-refractivity contribution in [2.24, 2.45) is 11.7 Å². The second kappa shape index (κ2) is 6.30. The van der Waals surface area contributed by atoms with Crippen molar-refractivity contribution in [2.45, 2.75) is 32.9 Å². The number of nitrogens with one attached hydrogen (secondary N) is 1. The van der Waals surface area contributed by atoms with Gasteiger partial charge in [-0.05, 0) is 12.8 Å². The lowest BCUT2D eigenvalue weighted by Crippen LogP contribution is -2.57. The molecule has 1 aliphatic heterocycles. The maximum absolute atomic E-state index is 11.6. The normalized spacial score (nSPS) is 23.5. The number of halogens is 1. The van der Waals surface area contributed by atoms with Crippen LogP contribution in [0.1, 0.15) is 20.8 Å². The average molecular weight is 236 g/mol. The molecular formula is C10H22ClN3O. The number of piperazine rings is 1. The molecule has 2 atom stereocenters. The van der Waals surface area contributed by atoms with Gasteiger partial charge in [0.05, 0.1) is 6.04 Å². The zero-order valence-electron chi connectivity index (χ0n) is 9.69. The second-order valence-electron chi connectivity index (χ2n) is 4.38. The minimum atomic E-state index is -0.374. The highest BCUT2D eigenvalue weighted by Gasteiger charge is 2.26. The number of carbonyl (C=O) groups excluding carboxylic acids is 1. The van der Waals surface area contributed by atoms with E-state index in [1.807, 2.05) is 4.90 Å². The van der Waals surface area contributed by atoms with E-state index in [1.165, 1.54) is 0 Å². The molecule has 0 aromatic rings. The molecule has 1 saturated heterocycles. The zero-order chi connectivity index (χ0) is 10.7. The smallest absolute Gasteiger partial charge is 0.239 e. The van der Waals surface area contributed by atoms with Gasteiger partial charge in [-0.2, -0.15) is 0 Å². The fourth-order valence-electron chi connectivity index (χ4n) is 1.71. The van der Waals surface area contributed by atoms with Crippen molar-refractivity contribution in [3.8, 4) is 0 Å². The molecule has 0 radical (unpaired) electrons. The number of nitrogens with zero attached hydrogens (tertiary/aromatic N) is 1. The topological polar surface area (TPSA) is 58.4 Å². The Morgan fingerprint density at radius 3 is 2.53 bits per heavy atom. The summed E-state index contributed by atoms with van der Waals surface area (Å²) in [4.78, 5) is 13.5. The summed E-state index contributed by atoms with van der Waals surface area (Å²) in [6.45, 7) is 8.52. The molecule has 4 nitrogen and oxygen atoms in total. The van der Waals surface area contributed by atoms with E-state index >= 15 is 0 Å². The number of amides is 1. The molecule has 0 aromatic carbocycles. The Bertz CT molecular complexity index is 209. The van der Waals surface area contributed by atoms with Gasteiger partial charge < -0.3 is 16.0 Å². The molecule has 0 aliphatic carbocycles. The summed E-state index contributed by atoms with van der Waals surface area (Å²) in [6, 6.07) is 0.0346. The molecule has 3 N–H and O–H groups in total. The first-order valence-electron chi connectivity index (χ1n) is 5.30. The molecule has 0 saturated carbocycles. The zero-order valence-corrected chi connectivity index (χ0v) is 10.5. The number of carbonyl (C=O) groups is 1. The van der Waals surface area contributed by atoms with Gasteiger partial charge in [-0.1, -0.05) is 13.8 Å². The van der Waals surface area contributed by atoms with Crippen molar-refractivity contribution in [2.75, 3.05) is 19.6 Å². The van der Waals surface area contributed by atoms with E-state index < -0.39 is 0 Å². The lowest BCUT2D eigenvalue weighted by atomic mass is 10.0. The second-order valence-corrected chi connectivity index (χ2v) is 4.38. The molecule has 1 fully saturated rings. The molecule has 1 heterocycles. The van der Waals surface area contributed by atoms with Gasteiger partial charge in [0, 0.05) is 25.7 Å². The van der Waals surface area contributed by atoms with Gasteiger partial charge in [0.25, 0.3) is 0 Å². The van der Waals surface area contributed by atoms with Crippen LogP contribution < -0.4 is 11.1 Å². The summed E-state index contributed by atoms with van der Waals surface area (Å²) in [7, 11) is 0. The Hall–Kier alpha value is -0.320. The van der Waals surface area contributed by atoms with Gasteiger partial charge >= 0.3 is 0 Å². The maximum Gasteiger partial charge on any atom is 0.239 e. The highest BCUT2D eigenvalue weighted by molar-refractivity contribution is 5.85. The fraction of sp³-hybridized carbons (Fsp3) is 0.900. The summed E-state index contributed by atoms with van der Waals surface area (Å²) in [5, 5.41) is 3.41. The third-order valence-corrected chi connectivity index (χ3v) is 2.71. The van der Waals surface area contributed by atoms with Crippen LogP contribution in [0.2, 0.25) is 0 Å². The average Bonchev–Trinajstić information content (AvgIpc) is 2.16. The third-order valence-electron chi connectivity index (χ3n) is 2.71. The predicted molar refractivity (Wildman–Crippen MR) is 64.1 cm³/mol. The van der Waals surface area contributed by atoms with Crippen LogP contribution in [-0.4, -0.2) is 42.5 Å². The highest BCUT2D eigenvalue weighted by atomic mass is 35.5. The summed E-state index contributed by atoms with van der Waals surface area (Å²) in [6.07, 6.45) is 0. The molecule has 0 aromatic heterocycles. The van der Waals surface area contributed by atoms with E-state index in [9.17, 15) is 4.79 Å². The van der Waals surface area contributed by atoms with E-state index in [-0.39, 0.29) is 24.4 Å². The molecule has 1 aliphatic rings. The Kier molecular flexibility index (Phi) is 6.17. The van der Waals surface area contributed by atoms with Crippen LogP contribution in [-0.2, 0) is 4.79 Å². The Labute approximate surface area is 98.0 Å². The summed E-state index contributed by atoms with van der Waals surface area (Å²) >= 11 is 0. The molecule has 0 spiro atoms. The largest absolute Gasteiger partial charge is 0.339 e. The van der Waals surface area contributed by atoms with Crippen LogP contribution in [0.4, 0.5) is 0 Å². The minimum Gasteiger partial charge on any atom is -0.339 e. The molecule has 0 unspecified atom stereocenters. The monoisotopic (exact) mass is 235 g/mol. The van der Waals surface area contributed by atoms with E-state index in [0.29, 0.717) is 12.0 Å². The van der Waals surface area contributed by atoms with Crippen LogP contribution in [0.15, 0.2) is 0 Å². The number of hydrogen-bond acceptors (Lipinski definition) is 3. The van der Waals surface area contributed by atoms with Crippen molar-refractivity contribution in [3.63, 3.8) is 0 Å². The molecule has 5 heteroatoms. The van der Waals surface area contributed by atoms with Crippen LogP contribution in [0.25, 0.3) is 0 Å². The molecule has 1 amide bonds. The van der Waals surface area contributed by atoms with Crippen LogP contribution in [0, 0.1) is 5.92 Å². The fourth-order valence-corrected chi connectivity index (χ4v) is 1.71. The van der Waals surface area contributed by atoms with Crippen molar-refractivity contribution in [1.29, 1.82) is 0 Å². The van der Waals surface area contributed by atoms with Crippen LogP contribution in [0.5, 0.6) is 0 Å². The Morgan fingerprint density at radius 1 is 1.47 bits per heavy atom. The van der Waals surface area contributed by atoms with Gasteiger partial charge in [0.1, 0.15) is 0 Å². The maximum atomic E-state index is 11.6. The van der Waals surface area contributed by atoms with Gasteiger partial charge in [-0.3, -0.25) is 4.79 Å². The Balaban J connectivity index is 0.00000196. The minimum absolute atomic E-state index is 0. The molecule has 15 heavy (non-hydrogen) atoms. The van der Waals surface area contributed by atoms with E-state index in [2.05, 4.69) is 19.2 Å². The Morgan fingerprint density at radius 2 is 2.07 bits per heavy atom. The first-order chi connectivity index (χ1) is 6.52. The van der Waals surface area contributed by atoms with Crippen molar-refractivity contribution in [3.05, 3.63) is 0 Å². The van der Waals surface area contributed by atoms with E-state index in [0.717, 1.165) is 19.6 Å². The summed E-state index contributed by atoms with van der Waals surface area (Å²) in [5.41, 5.74) is 5.58.